The van der Waals surface area contributed by atoms with Crippen LogP contribution in [0, 0.1) is 0 Å². The van der Waals surface area contributed by atoms with Crippen LogP contribution in [-0.4, -0.2) is 25.3 Å². The van der Waals surface area contributed by atoms with Crippen molar-refractivity contribution in [1.29, 1.82) is 0 Å². The Morgan fingerprint density at radius 3 is 2.63 bits per heavy atom. The Bertz CT molecular complexity index is 631. The maximum absolute atomic E-state index is 12.1. The van der Waals surface area contributed by atoms with Gasteiger partial charge in [-0.25, -0.2) is 14.8 Å². The molecule has 5 nitrogen and oxygen atoms in total. The first-order valence-electron chi connectivity index (χ1n) is 5.24. The largest absolute Gasteiger partial charge is 0.478 e. The summed E-state index contributed by atoms with van der Waals surface area (Å²) in [6.45, 7) is 0. The number of hydrogen-bond acceptors (Lipinski definition) is 4. The summed E-state index contributed by atoms with van der Waals surface area (Å²) in [5, 5.41) is 9.00. The van der Waals surface area contributed by atoms with E-state index in [1.807, 2.05) is 0 Å². The van der Waals surface area contributed by atoms with Gasteiger partial charge in [-0.1, -0.05) is 15.9 Å². The molecule has 0 aliphatic rings. The van der Waals surface area contributed by atoms with Crippen LogP contribution in [-0.2, 0) is 16.6 Å². The second-order valence-electron chi connectivity index (χ2n) is 3.63. The number of aromatic nitrogens is 2. The van der Waals surface area contributed by atoms with Gasteiger partial charge in [0, 0.05) is 15.6 Å². The number of benzene rings is 1. The molecule has 0 amide bonds. The van der Waals surface area contributed by atoms with Gasteiger partial charge in [0.2, 0.25) is 0 Å². The van der Waals surface area contributed by atoms with E-state index in [9.17, 15) is 9.00 Å². The topological polar surface area (TPSA) is 80.2 Å². The summed E-state index contributed by atoms with van der Waals surface area (Å²) in [4.78, 5) is 19.2. The summed E-state index contributed by atoms with van der Waals surface area (Å²) in [7, 11) is -1.34. The highest BCUT2D eigenvalue weighted by atomic mass is 79.9. The van der Waals surface area contributed by atoms with Gasteiger partial charge in [0.05, 0.1) is 22.2 Å². The average Bonchev–Trinajstić information content (AvgIpc) is 2.39. The summed E-state index contributed by atoms with van der Waals surface area (Å²) in [5.74, 6) is -1.07. The summed E-state index contributed by atoms with van der Waals surface area (Å²) in [6, 6.07) is 7.01. The lowest BCUT2D eigenvalue weighted by Gasteiger charge is -2.04. The molecular formula is C12H9BrN2O3S. The second kappa shape index (κ2) is 6.03. The van der Waals surface area contributed by atoms with Crippen molar-refractivity contribution < 1.29 is 14.1 Å². The molecule has 0 fully saturated rings. The van der Waals surface area contributed by atoms with Gasteiger partial charge in [-0.15, -0.1) is 0 Å². The van der Waals surface area contributed by atoms with E-state index in [1.165, 1.54) is 12.5 Å². The third-order valence-electron chi connectivity index (χ3n) is 2.37. The SMILES string of the molecule is O=C(O)c1cncnc1CS(=O)c1ccc(Br)cc1. The quantitative estimate of drug-likeness (QED) is 0.923. The van der Waals surface area contributed by atoms with E-state index in [4.69, 9.17) is 5.11 Å². The first-order chi connectivity index (χ1) is 9.08. The van der Waals surface area contributed by atoms with Crippen molar-refractivity contribution in [3.63, 3.8) is 0 Å². The lowest BCUT2D eigenvalue weighted by molar-refractivity contribution is 0.0695. The highest BCUT2D eigenvalue weighted by Gasteiger charge is 2.14. The molecule has 0 aliphatic heterocycles. The Balaban J connectivity index is 2.24. The molecule has 1 aromatic carbocycles. The minimum Gasteiger partial charge on any atom is -0.478 e. The smallest absolute Gasteiger partial charge is 0.339 e. The third-order valence-corrected chi connectivity index (χ3v) is 4.23. The lowest BCUT2D eigenvalue weighted by atomic mass is 10.2. The fourth-order valence-corrected chi connectivity index (χ4v) is 2.79. The number of carboxylic acids is 1. The van der Waals surface area contributed by atoms with Gasteiger partial charge in [0.15, 0.2) is 0 Å². The van der Waals surface area contributed by atoms with E-state index in [2.05, 4.69) is 25.9 Å². The molecule has 1 atom stereocenters. The highest BCUT2D eigenvalue weighted by molar-refractivity contribution is 9.10. The van der Waals surface area contributed by atoms with Gasteiger partial charge < -0.3 is 5.11 Å². The molecule has 0 radical (unpaired) electrons. The zero-order chi connectivity index (χ0) is 13.8. The Kier molecular flexibility index (Phi) is 4.39. The van der Waals surface area contributed by atoms with Crippen LogP contribution < -0.4 is 0 Å². The molecule has 0 saturated carbocycles. The summed E-state index contributed by atoms with van der Waals surface area (Å²) in [5.41, 5.74) is 0.247. The van der Waals surface area contributed by atoms with E-state index in [1.54, 1.807) is 24.3 Å². The number of halogens is 1. The standard InChI is InChI=1S/C12H9BrN2O3S/c13-8-1-3-9(4-2-8)19(18)6-11-10(12(16)17)5-14-7-15-11/h1-5,7H,6H2,(H,16,17). The minimum absolute atomic E-state index is 0.0204. The highest BCUT2D eigenvalue weighted by Crippen LogP contribution is 2.16. The average molecular weight is 341 g/mol. The second-order valence-corrected chi connectivity index (χ2v) is 6.00. The zero-order valence-corrected chi connectivity index (χ0v) is 12.0. The van der Waals surface area contributed by atoms with Crippen molar-refractivity contribution in [2.24, 2.45) is 0 Å². The van der Waals surface area contributed by atoms with E-state index < -0.39 is 16.8 Å². The van der Waals surface area contributed by atoms with Crippen molar-refractivity contribution in [2.75, 3.05) is 0 Å². The number of rotatable bonds is 4. The maximum Gasteiger partial charge on any atom is 0.339 e. The van der Waals surface area contributed by atoms with E-state index in [0.29, 0.717) is 4.90 Å². The lowest BCUT2D eigenvalue weighted by Crippen LogP contribution is -2.08. The van der Waals surface area contributed by atoms with Crippen molar-refractivity contribution in [2.45, 2.75) is 10.6 Å². The number of hydrogen-bond donors (Lipinski definition) is 1. The molecule has 0 aliphatic carbocycles. The fraction of sp³-hybridized carbons (Fsp3) is 0.0833. The van der Waals surface area contributed by atoms with Gasteiger partial charge in [-0.05, 0) is 24.3 Å². The monoisotopic (exact) mass is 340 g/mol. The molecule has 1 unspecified atom stereocenters. The van der Waals surface area contributed by atoms with Crippen LogP contribution in [0.5, 0.6) is 0 Å². The molecule has 0 bridgehead atoms. The van der Waals surface area contributed by atoms with Gasteiger partial charge in [-0.2, -0.15) is 0 Å². The van der Waals surface area contributed by atoms with Gasteiger partial charge >= 0.3 is 5.97 Å². The number of carbonyl (C=O) groups is 1. The van der Waals surface area contributed by atoms with E-state index in [0.717, 1.165) is 4.47 Å². The van der Waals surface area contributed by atoms with Crippen LogP contribution in [0.3, 0.4) is 0 Å². The predicted molar refractivity (Wildman–Crippen MR) is 73.2 cm³/mol. The van der Waals surface area contributed by atoms with E-state index >= 15 is 0 Å². The van der Waals surface area contributed by atoms with Gasteiger partial charge in [-0.3, -0.25) is 4.21 Å². The molecular weight excluding hydrogens is 332 g/mol. The Labute approximate surface area is 120 Å². The molecule has 1 heterocycles. The first-order valence-corrected chi connectivity index (χ1v) is 7.35. The minimum atomic E-state index is -1.34. The summed E-state index contributed by atoms with van der Waals surface area (Å²) in [6.07, 6.45) is 2.46. The Morgan fingerprint density at radius 2 is 2.00 bits per heavy atom. The van der Waals surface area contributed by atoms with E-state index in [-0.39, 0.29) is 17.0 Å². The molecule has 7 heteroatoms. The molecule has 1 N–H and O–H groups in total. The molecule has 0 saturated heterocycles. The molecule has 2 aromatic rings. The molecule has 19 heavy (non-hydrogen) atoms. The zero-order valence-electron chi connectivity index (χ0n) is 9.62. The molecule has 0 spiro atoms. The van der Waals surface area contributed by atoms with Crippen LogP contribution >= 0.6 is 15.9 Å². The van der Waals surface area contributed by atoms with Gasteiger partial charge in [0.1, 0.15) is 11.9 Å². The Hall–Kier alpha value is -1.60. The number of nitrogens with zero attached hydrogens (tertiary/aromatic N) is 2. The van der Waals surface area contributed by atoms with Crippen LogP contribution in [0.15, 0.2) is 46.2 Å². The first kappa shape index (κ1) is 13.8. The Morgan fingerprint density at radius 1 is 1.32 bits per heavy atom. The summed E-state index contributed by atoms with van der Waals surface area (Å²) >= 11 is 3.29. The predicted octanol–water partition coefficient (Wildman–Crippen LogP) is 2.25. The van der Waals surface area contributed by atoms with Crippen LogP contribution in [0.1, 0.15) is 16.1 Å². The third kappa shape index (κ3) is 3.45. The fourth-order valence-electron chi connectivity index (χ4n) is 1.44. The normalized spacial score (nSPS) is 12.1. The maximum atomic E-state index is 12.1. The van der Waals surface area contributed by atoms with Crippen molar-refractivity contribution in [1.82, 2.24) is 9.97 Å². The summed E-state index contributed by atoms with van der Waals surface area (Å²) < 4.78 is 13.0. The molecule has 1 aromatic heterocycles. The van der Waals surface area contributed by atoms with Crippen molar-refractivity contribution in [3.05, 3.63) is 52.5 Å². The number of carboxylic acid groups (broad SMARTS) is 1. The molecule has 98 valence electrons. The number of aromatic carboxylic acids is 1. The van der Waals surface area contributed by atoms with Crippen LogP contribution in [0.4, 0.5) is 0 Å². The van der Waals surface area contributed by atoms with Crippen molar-refractivity contribution in [3.8, 4) is 0 Å². The van der Waals surface area contributed by atoms with Gasteiger partial charge in [0.25, 0.3) is 0 Å². The van der Waals surface area contributed by atoms with Crippen LogP contribution in [0.2, 0.25) is 0 Å². The van der Waals surface area contributed by atoms with Crippen LogP contribution in [0.25, 0.3) is 0 Å². The van der Waals surface area contributed by atoms with Crippen molar-refractivity contribution >= 4 is 32.7 Å². The molecule has 2 rings (SSSR count).